The van der Waals surface area contributed by atoms with Crippen LogP contribution in [0.1, 0.15) is 27.7 Å². The number of hydrogen-bond acceptors (Lipinski definition) is 7. The minimum absolute atomic E-state index is 0.132. The Morgan fingerprint density at radius 2 is 1.65 bits per heavy atom. The molecular weight excluding hydrogens is 418 g/mol. The maximum atomic E-state index is 13.0. The fraction of sp³-hybridized carbons (Fsp3) is 0.714. The minimum atomic E-state index is -3.60. The third kappa shape index (κ3) is 5.74. The molecule has 10 heteroatoms. The Labute approximate surface area is 186 Å². The Bertz CT molecular complexity index is 822. The quantitative estimate of drug-likeness (QED) is 0.605. The van der Waals surface area contributed by atoms with Gasteiger partial charge in [-0.3, -0.25) is 9.69 Å². The van der Waals surface area contributed by atoms with E-state index in [-0.39, 0.29) is 22.9 Å². The molecular formula is C21H35N5O4S. The first-order valence-electron chi connectivity index (χ1n) is 11.0. The molecule has 0 saturated carbocycles. The van der Waals surface area contributed by atoms with Crippen LogP contribution in [-0.2, 0) is 19.6 Å². The monoisotopic (exact) mass is 453 g/mol. The summed E-state index contributed by atoms with van der Waals surface area (Å²) < 4.78 is 32.8. The van der Waals surface area contributed by atoms with Crippen LogP contribution in [-0.4, -0.2) is 105 Å². The first-order chi connectivity index (χ1) is 14.7. The van der Waals surface area contributed by atoms with Crippen molar-refractivity contribution in [3.63, 3.8) is 0 Å². The van der Waals surface area contributed by atoms with Gasteiger partial charge in [-0.2, -0.15) is 4.31 Å². The van der Waals surface area contributed by atoms with Crippen LogP contribution in [0.2, 0.25) is 0 Å². The van der Waals surface area contributed by atoms with E-state index in [0.717, 1.165) is 18.9 Å². The first kappa shape index (κ1) is 23.9. The minimum Gasteiger partial charge on any atom is -0.379 e. The maximum absolute atomic E-state index is 13.0. The molecule has 0 atom stereocenters. The number of pyridine rings is 1. The van der Waals surface area contributed by atoms with Crippen LogP contribution in [0.25, 0.3) is 0 Å². The Morgan fingerprint density at radius 3 is 2.16 bits per heavy atom. The molecule has 3 rings (SSSR count). The molecule has 0 N–H and O–H groups in total. The number of ether oxygens (including phenoxy) is 1. The number of aromatic nitrogens is 1. The molecule has 0 aromatic carbocycles. The molecule has 0 radical (unpaired) electrons. The summed E-state index contributed by atoms with van der Waals surface area (Å²) in [6.07, 6.45) is 1.44. The standard InChI is InChI=1S/C21H35N5O4S/c1-17(2)26(18(3)4)31(28,29)19-5-6-20(22-15-19)24-7-9-25(10-8-24)21(27)16-23-11-13-30-14-12-23/h5-6,15,17-18H,7-14,16H2,1-4H3. The third-order valence-electron chi connectivity index (χ3n) is 5.73. The molecule has 0 aliphatic carbocycles. The van der Waals surface area contributed by atoms with Crippen molar-refractivity contribution in [3.8, 4) is 0 Å². The molecule has 31 heavy (non-hydrogen) atoms. The van der Waals surface area contributed by atoms with Crippen molar-refractivity contribution in [2.24, 2.45) is 0 Å². The van der Waals surface area contributed by atoms with Crippen molar-refractivity contribution in [3.05, 3.63) is 18.3 Å². The van der Waals surface area contributed by atoms with Gasteiger partial charge in [-0.15, -0.1) is 0 Å². The molecule has 9 nitrogen and oxygen atoms in total. The molecule has 1 aromatic rings. The second-order valence-corrected chi connectivity index (χ2v) is 10.5. The van der Waals surface area contributed by atoms with Crippen molar-refractivity contribution in [1.29, 1.82) is 0 Å². The van der Waals surface area contributed by atoms with Gasteiger partial charge >= 0.3 is 0 Å². The van der Waals surface area contributed by atoms with Gasteiger partial charge < -0.3 is 14.5 Å². The lowest BCUT2D eigenvalue weighted by Gasteiger charge is -2.37. The number of nitrogens with zero attached hydrogens (tertiary/aromatic N) is 5. The fourth-order valence-corrected chi connectivity index (χ4v) is 6.00. The topological polar surface area (TPSA) is 86.3 Å². The molecule has 1 amide bonds. The first-order valence-corrected chi connectivity index (χ1v) is 12.5. The number of amides is 1. The summed E-state index contributed by atoms with van der Waals surface area (Å²) in [5, 5.41) is 0. The number of piperazine rings is 1. The zero-order valence-corrected chi connectivity index (χ0v) is 19.8. The number of sulfonamides is 1. The predicted molar refractivity (Wildman–Crippen MR) is 120 cm³/mol. The zero-order chi connectivity index (χ0) is 22.6. The van der Waals surface area contributed by atoms with E-state index in [1.807, 2.05) is 32.6 Å². The lowest BCUT2D eigenvalue weighted by Crippen LogP contribution is -2.52. The van der Waals surface area contributed by atoms with Crippen LogP contribution < -0.4 is 4.90 Å². The molecule has 3 heterocycles. The third-order valence-corrected chi connectivity index (χ3v) is 7.97. The van der Waals surface area contributed by atoms with Gasteiger partial charge in [0.15, 0.2) is 0 Å². The van der Waals surface area contributed by atoms with Crippen LogP contribution >= 0.6 is 0 Å². The second-order valence-electron chi connectivity index (χ2n) is 8.63. The Balaban J connectivity index is 1.58. The van der Waals surface area contributed by atoms with E-state index in [0.29, 0.717) is 45.9 Å². The van der Waals surface area contributed by atoms with E-state index in [1.54, 1.807) is 12.1 Å². The number of hydrogen-bond donors (Lipinski definition) is 0. The molecule has 2 aliphatic rings. The van der Waals surface area contributed by atoms with E-state index in [1.165, 1.54) is 10.5 Å². The molecule has 2 fully saturated rings. The molecule has 2 saturated heterocycles. The number of carbonyl (C=O) groups is 1. The van der Waals surface area contributed by atoms with E-state index in [9.17, 15) is 13.2 Å². The maximum Gasteiger partial charge on any atom is 0.245 e. The van der Waals surface area contributed by atoms with Crippen molar-refractivity contribution < 1.29 is 17.9 Å². The van der Waals surface area contributed by atoms with Crippen molar-refractivity contribution in [1.82, 2.24) is 19.1 Å². The summed E-state index contributed by atoms with van der Waals surface area (Å²) >= 11 is 0. The summed E-state index contributed by atoms with van der Waals surface area (Å²) in [6.45, 7) is 13.5. The average Bonchev–Trinajstić information content (AvgIpc) is 2.74. The molecule has 1 aromatic heterocycles. The van der Waals surface area contributed by atoms with Crippen molar-refractivity contribution in [2.45, 2.75) is 44.7 Å². The number of anilines is 1. The number of morpholine rings is 1. The van der Waals surface area contributed by atoms with Crippen LogP contribution in [0.4, 0.5) is 5.82 Å². The van der Waals surface area contributed by atoms with E-state index < -0.39 is 10.0 Å². The lowest BCUT2D eigenvalue weighted by molar-refractivity contribution is -0.133. The van der Waals surface area contributed by atoms with Crippen molar-refractivity contribution >= 4 is 21.7 Å². The summed E-state index contributed by atoms with van der Waals surface area (Å²) in [6, 6.07) is 3.13. The highest BCUT2D eigenvalue weighted by Gasteiger charge is 2.30. The highest BCUT2D eigenvalue weighted by atomic mass is 32.2. The van der Waals surface area contributed by atoms with Gasteiger partial charge in [-0.25, -0.2) is 13.4 Å². The molecule has 174 valence electrons. The SMILES string of the molecule is CC(C)N(C(C)C)S(=O)(=O)c1ccc(N2CCN(C(=O)CN3CCOCC3)CC2)nc1. The van der Waals surface area contributed by atoms with Crippen LogP contribution in [0.3, 0.4) is 0 Å². The molecule has 0 bridgehead atoms. The van der Waals surface area contributed by atoms with Gasteiger partial charge in [-0.1, -0.05) is 0 Å². The Kier molecular flexibility index (Phi) is 7.90. The second kappa shape index (κ2) is 10.2. The Hall–Kier alpha value is -1.75. The number of rotatable bonds is 7. The van der Waals surface area contributed by atoms with E-state index in [4.69, 9.17) is 4.74 Å². The van der Waals surface area contributed by atoms with Gasteiger partial charge in [0.1, 0.15) is 10.7 Å². The predicted octanol–water partition coefficient (Wildman–Crippen LogP) is 0.870. The number of carbonyl (C=O) groups excluding carboxylic acids is 1. The Morgan fingerprint density at radius 1 is 1.03 bits per heavy atom. The molecule has 2 aliphatic heterocycles. The average molecular weight is 454 g/mol. The van der Waals surface area contributed by atoms with E-state index >= 15 is 0 Å². The lowest BCUT2D eigenvalue weighted by atomic mass is 10.3. The highest BCUT2D eigenvalue weighted by Crippen LogP contribution is 2.22. The summed E-state index contributed by atoms with van der Waals surface area (Å²) in [5.74, 6) is 0.887. The van der Waals surface area contributed by atoms with Gasteiger partial charge in [0.2, 0.25) is 15.9 Å². The molecule has 0 spiro atoms. The van der Waals surface area contributed by atoms with Gasteiger partial charge in [0.05, 0.1) is 19.8 Å². The van der Waals surface area contributed by atoms with E-state index in [2.05, 4.69) is 14.8 Å². The summed E-state index contributed by atoms with van der Waals surface area (Å²) in [7, 11) is -3.60. The van der Waals surface area contributed by atoms with Crippen LogP contribution in [0, 0.1) is 0 Å². The smallest absolute Gasteiger partial charge is 0.245 e. The zero-order valence-electron chi connectivity index (χ0n) is 19.0. The van der Waals surface area contributed by atoms with Gasteiger partial charge in [0.25, 0.3) is 0 Å². The normalized spacial score (nSPS) is 18.9. The van der Waals surface area contributed by atoms with Gasteiger partial charge in [0, 0.05) is 57.5 Å². The van der Waals surface area contributed by atoms with Gasteiger partial charge in [-0.05, 0) is 39.8 Å². The van der Waals surface area contributed by atoms with Crippen LogP contribution in [0.15, 0.2) is 23.2 Å². The summed E-state index contributed by atoms with van der Waals surface area (Å²) in [5.41, 5.74) is 0. The largest absolute Gasteiger partial charge is 0.379 e. The highest BCUT2D eigenvalue weighted by molar-refractivity contribution is 7.89. The fourth-order valence-electron chi connectivity index (χ4n) is 4.22. The van der Waals surface area contributed by atoms with Crippen LogP contribution in [0.5, 0.6) is 0 Å². The molecule has 0 unspecified atom stereocenters. The van der Waals surface area contributed by atoms with Crippen molar-refractivity contribution in [2.75, 3.05) is 63.9 Å². The summed E-state index contributed by atoms with van der Waals surface area (Å²) in [4.78, 5) is 23.3.